The van der Waals surface area contributed by atoms with Crippen molar-refractivity contribution in [1.29, 1.82) is 0 Å². The predicted molar refractivity (Wildman–Crippen MR) is 154 cm³/mol. The van der Waals surface area contributed by atoms with Crippen molar-refractivity contribution in [2.24, 2.45) is 0 Å². The summed E-state index contributed by atoms with van der Waals surface area (Å²) in [4.78, 5) is 70.4. The third kappa shape index (κ3) is 6.97. The lowest BCUT2D eigenvalue weighted by Crippen LogP contribution is -2.34. The number of H-pyrrole nitrogens is 1. The molecule has 2 aliphatic rings. The lowest BCUT2D eigenvalue weighted by Gasteiger charge is -2.32. The van der Waals surface area contributed by atoms with Crippen LogP contribution in [0.2, 0.25) is 0 Å². The minimum Gasteiger partial charge on any atom is -0.756 e. The molecule has 2 aliphatic heterocycles. The third-order valence-electron chi connectivity index (χ3n) is 7.43. The fourth-order valence-electron chi connectivity index (χ4n) is 5.10. The number of methoxy groups -OCH3 is 1. The molecule has 0 saturated carbocycles. The summed E-state index contributed by atoms with van der Waals surface area (Å²) in [6, 6.07) is 0. The maximum absolute atomic E-state index is 12.4. The van der Waals surface area contributed by atoms with Gasteiger partial charge in [-0.1, -0.05) is 0 Å². The molecular weight excluding hydrogens is 722 g/mol. The van der Waals surface area contributed by atoms with Crippen molar-refractivity contribution >= 4 is 55.8 Å². The maximum atomic E-state index is 12.4. The van der Waals surface area contributed by atoms with Gasteiger partial charge in [0, 0.05) is 0 Å². The molecule has 26 nitrogen and oxygen atoms in total. The number of aromatic amines is 1. The summed E-state index contributed by atoms with van der Waals surface area (Å²) in [5.74, 6) is -0.345. The number of aliphatic hydroxyl groups is 4. The molecule has 272 valence electrons. The predicted octanol–water partition coefficient (Wildman–Crippen LogP) is -4.05. The largest absolute Gasteiger partial charge is 0.756 e. The monoisotopic (exact) mass is 748 g/mol. The normalized spacial score (nSPS) is 29.3. The van der Waals surface area contributed by atoms with E-state index < -0.39 is 89.6 Å². The number of ether oxygens (including phenoxy) is 3. The first-order valence-electron chi connectivity index (χ1n) is 14.0. The summed E-state index contributed by atoms with van der Waals surface area (Å²) in [5.41, 5.74) is 4.61. The topological polar surface area (TPSA) is 379 Å². The Kier molecular flexibility index (Phi) is 9.74. The second kappa shape index (κ2) is 13.6. The first-order chi connectivity index (χ1) is 23.6. The number of anilines is 2. The number of amides is 1. The Balaban J connectivity index is 1.05. The number of hydrogen-bond donors (Lipinski definition) is 7. The molecule has 0 bridgehead atoms. The van der Waals surface area contributed by atoms with Gasteiger partial charge in [0.05, 0.1) is 33.0 Å². The van der Waals surface area contributed by atoms with E-state index in [4.69, 9.17) is 15.2 Å². The Bertz CT molecular complexity index is 2060. The second-order valence-corrected chi connectivity index (χ2v) is 13.6. The molecule has 6 heterocycles. The number of hydrogen-bond acceptors (Lipinski definition) is 22. The van der Waals surface area contributed by atoms with E-state index in [0.717, 1.165) is 35.2 Å². The highest BCUT2D eigenvalue weighted by Gasteiger charge is 2.46. The summed E-state index contributed by atoms with van der Waals surface area (Å²) in [7, 11) is -10.4. The lowest BCUT2D eigenvalue weighted by molar-refractivity contribution is -0.246. The Hall–Kier alpha value is -4.01. The van der Waals surface area contributed by atoms with E-state index in [1.807, 2.05) is 0 Å². The number of aromatic nitrogens is 8. The number of nitrogen functional groups attached to an aromatic ring is 1. The van der Waals surface area contributed by atoms with Crippen LogP contribution in [0.3, 0.4) is 0 Å². The highest BCUT2D eigenvalue weighted by molar-refractivity contribution is 7.59. The summed E-state index contributed by atoms with van der Waals surface area (Å²) in [6.07, 6.45) is -10.6. The van der Waals surface area contributed by atoms with Gasteiger partial charge >= 0.3 is 6.09 Å². The molecule has 10 atom stereocenters. The molecule has 0 spiro atoms. The molecule has 4 aromatic rings. The molecule has 2 fully saturated rings. The van der Waals surface area contributed by atoms with Crippen molar-refractivity contribution in [3.05, 3.63) is 29.3 Å². The number of nitrogens with zero attached hydrogens (tertiary/aromatic N) is 7. The Morgan fingerprint density at radius 1 is 0.920 bits per heavy atom. The van der Waals surface area contributed by atoms with E-state index >= 15 is 0 Å². The number of nitrogens with two attached hydrogens (primary N) is 1. The fraction of sp³-hybridized carbons (Fsp3) is 0.500. The van der Waals surface area contributed by atoms with Crippen LogP contribution in [0.1, 0.15) is 12.5 Å². The lowest BCUT2D eigenvalue weighted by atomic mass is 10.1. The van der Waals surface area contributed by atoms with E-state index in [1.54, 1.807) is 0 Å². The Labute approximate surface area is 276 Å². The van der Waals surface area contributed by atoms with Crippen LogP contribution in [0, 0.1) is 0 Å². The average Bonchev–Trinajstić information content (AvgIpc) is 3.80. The quantitative estimate of drug-likeness (QED) is 0.0717. The van der Waals surface area contributed by atoms with E-state index in [0.29, 0.717) is 0 Å². The van der Waals surface area contributed by atoms with E-state index in [-0.39, 0.29) is 34.1 Å². The SMILES string of the molecule is COC(=O)Nc1ncnc2c1ncn2[C@@H]1O[C@H](COP(=O)([O-])OP(=O)([O-])OC[C@H]2O[C@@H](n3cnc4c(=O)[nH]c(N)nc43)C(O)[C@H]2O)[C@H](O)C1O. The number of phosphoric acid groups is 2. The highest BCUT2D eigenvalue weighted by atomic mass is 31.3. The zero-order valence-electron chi connectivity index (χ0n) is 25.1. The Morgan fingerprint density at radius 3 is 2.02 bits per heavy atom. The first kappa shape index (κ1) is 35.8. The number of imidazole rings is 2. The van der Waals surface area contributed by atoms with Crippen LogP contribution in [0.15, 0.2) is 23.8 Å². The minimum atomic E-state index is -5.77. The van der Waals surface area contributed by atoms with E-state index in [1.165, 1.54) is 0 Å². The fourth-order valence-corrected chi connectivity index (χ4v) is 7.11. The third-order valence-corrected chi connectivity index (χ3v) is 9.96. The molecule has 0 aliphatic carbocycles. The van der Waals surface area contributed by atoms with Gasteiger partial charge < -0.3 is 59.2 Å². The summed E-state index contributed by atoms with van der Waals surface area (Å²) in [5, 5.41) is 44.4. The van der Waals surface area contributed by atoms with E-state index in [9.17, 15) is 48.9 Å². The number of nitrogens with one attached hydrogen (secondary N) is 2. The van der Waals surface area contributed by atoms with Gasteiger partial charge in [-0.15, -0.1) is 0 Å². The van der Waals surface area contributed by atoms with Gasteiger partial charge in [0.2, 0.25) is 5.95 Å². The molecule has 0 radical (unpaired) electrons. The van der Waals surface area contributed by atoms with E-state index in [2.05, 4.69) is 53.3 Å². The van der Waals surface area contributed by atoms with Crippen molar-refractivity contribution in [3.63, 3.8) is 0 Å². The average molecular weight is 748 g/mol. The van der Waals surface area contributed by atoms with Crippen LogP contribution < -0.4 is 26.4 Å². The number of phosphoric ester groups is 2. The summed E-state index contributed by atoms with van der Waals surface area (Å²) in [6.45, 7) is -2.11. The zero-order valence-corrected chi connectivity index (χ0v) is 26.8. The number of fused-ring (bicyclic) bond motifs is 2. The minimum absolute atomic E-state index is 0.0247. The van der Waals surface area contributed by atoms with Crippen LogP contribution in [0.25, 0.3) is 22.3 Å². The van der Waals surface area contributed by atoms with Crippen molar-refractivity contribution < 1.29 is 71.7 Å². The second-order valence-electron chi connectivity index (χ2n) is 10.6. The van der Waals surface area contributed by atoms with Crippen molar-refractivity contribution in [2.45, 2.75) is 49.1 Å². The summed E-state index contributed by atoms with van der Waals surface area (Å²) < 4.78 is 55.7. The molecule has 1 amide bonds. The van der Waals surface area contributed by atoms with Gasteiger partial charge in [-0.2, -0.15) is 4.98 Å². The smallest absolute Gasteiger partial charge is 0.412 e. The van der Waals surface area contributed by atoms with Crippen LogP contribution in [-0.2, 0) is 36.7 Å². The zero-order chi connectivity index (χ0) is 36.1. The molecule has 4 unspecified atom stereocenters. The molecule has 2 saturated heterocycles. The van der Waals surface area contributed by atoms with Crippen LogP contribution in [0.4, 0.5) is 16.6 Å². The van der Waals surface area contributed by atoms with Crippen molar-refractivity contribution in [1.82, 2.24) is 39.0 Å². The van der Waals surface area contributed by atoms with Gasteiger partial charge in [0.25, 0.3) is 21.2 Å². The highest BCUT2D eigenvalue weighted by Crippen LogP contribution is 2.56. The van der Waals surface area contributed by atoms with Gasteiger partial charge in [0.15, 0.2) is 40.6 Å². The molecule has 8 N–H and O–H groups in total. The van der Waals surface area contributed by atoms with Crippen LogP contribution in [-0.4, -0.2) is 123 Å². The molecule has 0 aromatic carbocycles. The maximum Gasteiger partial charge on any atom is 0.412 e. The van der Waals surface area contributed by atoms with Gasteiger partial charge in [-0.05, 0) is 0 Å². The number of aliphatic hydroxyl groups excluding tert-OH is 4. The molecular formula is C22H26N10O16P2-2. The molecule has 4 aromatic heterocycles. The number of rotatable bonds is 11. The van der Waals surface area contributed by atoms with Crippen LogP contribution in [0.5, 0.6) is 0 Å². The van der Waals surface area contributed by atoms with Gasteiger partial charge in [0.1, 0.15) is 43.0 Å². The standard InChI is InChI=1S/C22H28N10O16P2/c1-43-22(38)28-15-9-16(25-4-24-15)31(5-26-9)19-13(35)11(33)7(46-19)2-44-49(39,40)48-50(41,42)45-3-8-12(34)14(36)20(47-8)32-6-27-10-17(32)29-21(23)30-18(10)37/h4-8,11-14,19-20,33-36H,2-3H2,1H3,(H,39,40)(H,41,42)(H3,23,29,30,37)(H,24,25,28,38)/p-2/t7-,8-,11+,12+,13?,14?,19-,20-/m1/s1. The first-order valence-corrected chi connectivity index (χ1v) is 16.9. The number of carbonyl (C=O) groups is 1. The van der Waals surface area contributed by atoms with Crippen LogP contribution >= 0.6 is 15.6 Å². The van der Waals surface area contributed by atoms with Gasteiger partial charge in [-0.3, -0.25) is 33.4 Å². The summed E-state index contributed by atoms with van der Waals surface area (Å²) >= 11 is 0. The van der Waals surface area contributed by atoms with Crippen molar-refractivity contribution in [3.8, 4) is 0 Å². The molecule has 50 heavy (non-hydrogen) atoms. The molecule has 28 heteroatoms. The molecule has 6 rings (SSSR count). The van der Waals surface area contributed by atoms with Crippen molar-refractivity contribution in [2.75, 3.05) is 31.4 Å². The number of carbonyl (C=O) groups excluding carboxylic acids is 1. The Morgan fingerprint density at radius 2 is 1.46 bits per heavy atom. The van der Waals surface area contributed by atoms with Gasteiger partial charge in [-0.25, -0.2) is 29.0 Å².